The quantitative estimate of drug-likeness (QED) is 0.762. The molecular formula is C14H19Cl2N3. The summed E-state index contributed by atoms with van der Waals surface area (Å²) >= 11 is 11.9. The smallest absolute Gasteiger partial charge is 0.111 e. The molecule has 0 aliphatic heterocycles. The van der Waals surface area contributed by atoms with Gasteiger partial charge in [-0.3, -0.25) is 0 Å². The maximum Gasteiger partial charge on any atom is 0.111 e. The zero-order valence-electron chi connectivity index (χ0n) is 11.4. The number of aryl methyl sites for hydroxylation is 1. The maximum absolute atomic E-state index is 6.02. The first kappa shape index (κ1) is 14.6. The molecule has 0 aliphatic rings. The van der Waals surface area contributed by atoms with E-state index in [2.05, 4.69) is 28.4 Å². The number of likely N-dealkylation sites (N-methyl/N-ethyl adjacent to an activating group) is 1. The molecule has 0 spiro atoms. The number of imidazole rings is 1. The van der Waals surface area contributed by atoms with Gasteiger partial charge in [-0.15, -0.1) is 11.6 Å². The number of aromatic nitrogens is 2. The van der Waals surface area contributed by atoms with E-state index >= 15 is 0 Å². The first-order valence-electron chi connectivity index (χ1n) is 6.55. The number of hydrogen-bond donors (Lipinski definition) is 0. The monoisotopic (exact) mass is 299 g/mol. The Balaban J connectivity index is 2.34. The van der Waals surface area contributed by atoms with Crippen LogP contribution in [0.2, 0.25) is 5.02 Å². The van der Waals surface area contributed by atoms with E-state index in [1.807, 2.05) is 18.2 Å². The average molecular weight is 300 g/mol. The Hall–Kier alpha value is -0.770. The molecule has 0 bridgehead atoms. The van der Waals surface area contributed by atoms with Crippen molar-refractivity contribution in [2.24, 2.45) is 0 Å². The van der Waals surface area contributed by atoms with Crippen molar-refractivity contribution in [2.45, 2.75) is 19.9 Å². The zero-order valence-corrected chi connectivity index (χ0v) is 12.9. The standard InChI is InChI=1S/C14H19Cl2N3/c1-3-18(2)8-9-19-13-5-4-11(16)10-12(13)17-14(19)6-7-15/h4-5,10H,3,6-9H2,1-2H3. The molecule has 1 aromatic carbocycles. The van der Waals surface area contributed by atoms with E-state index in [-0.39, 0.29) is 0 Å². The molecule has 0 atom stereocenters. The van der Waals surface area contributed by atoms with E-state index in [1.165, 1.54) is 0 Å². The lowest BCUT2D eigenvalue weighted by molar-refractivity contribution is 0.335. The van der Waals surface area contributed by atoms with Crippen LogP contribution in [-0.2, 0) is 13.0 Å². The summed E-state index contributed by atoms with van der Waals surface area (Å²) < 4.78 is 2.25. The fourth-order valence-electron chi connectivity index (χ4n) is 2.11. The van der Waals surface area contributed by atoms with E-state index < -0.39 is 0 Å². The van der Waals surface area contributed by atoms with E-state index in [1.54, 1.807) is 0 Å². The molecule has 2 aromatic rings. The van der Waals surface area contributed by atoms with Crippen LogP contribution in [0.5, 0.6) is 0 Å². The molecule has 3 nitrogen and oxygen atoms in total. The number of benzene rings is 1. The molecule has 0 N–H and O–H groups in total. The van der Waals surface area contributed by atoms with Crippen molar-refractivity contribution in [3.8, 4) is 0 Å². The minimum atomic E-state index is 0.584. The summed E-state index contributed by atoms with van der Waals surface area (Å²) in [4.78, 5) is 6.93. The molecule has 0 aliphatic carbocycles. The number of fused-ring (bicyclic) bond motifs is 1. The molecular weight excluding hydrogens is 281 g/mol. The minimum absolute atomic E-state index is 0.584. The molecule has 0 saturated carbocycles. The van der Waals surface area contributed by atoms with Crippen LogP contribution >= 0.6 is 23.2 Å². The summed E-state index contributed by atoms with van der Waals surface area (Å²) in [5, 5.41) is 0.722. The summed E-state index contributed by atoms with van der Waals surface area (Å²) in [6.07, 6.45) is 0.781. The number of rotatable bonds is 6. The second-order valence-electron chi connectivity index (χ2n) is 4.65. The SMILES string of the molecule is CCN(C)CCn1c(CCCl)nc2cc(Cl)ccc21. The van der Waals surface area contributed by atoms with Crippen LogP contribution < -0.4 is 0 Å². The maximum atomic E-state index is 6.02. The topological polar surface area (TPSA) is 21.1 Å². The van der Waals surface area contributed by atoms with Gasteiger partial charge in [0.05, 0.1) is 11.0 Å². The molecule has 2 rings (SSSR count). The zero-order chi connectivity index (χ0) is 13.8. The Bertz CT molecular complexity index is 551. The van der Waals surface area contributed by atoms with E-state index in [9.17, 15) is 0 Å². The molecule has 1 heterocycles. The molecule has 1 aromatic heterocycles. The van der Waals surface area contributed by atoms with Crippen molar-refractivity contribution < 1.29 is 0 Å². The third kappa shape index (κ3) is 3.41. The third-order valence-electron chi connectivity index (χ3n) is 3.35. The van der Waals surface area contributed by atoms with Crippen LogP contribution in [0.3, 0.4) is 0 Å². The number of alkyl halides is 1. The van der Waals surface area contributed by atoms with Gasteiger partial charge in [0.1, 0.15) is 5.82 Å². The highest BCUT2D eigenvalue weighted by molar-refractivity contribution is 6.31. The molecule has 0 saturated heterocycles. The van der Waals surface area contributed by atoms with Crippen molar-refractivity contribution in [1.29, 1.82) is 0 Å². The Labute approximate surface area is 124 Å². The molecule has 19 heavy (non-hydrogen) atoms. The number of halogens is 2. The van der Waals surface area contributed by atoms with Gasteiger partial charge in [-0.05, 0) is 31.8 Å². The molecule has 0 unspecified atom stereocenters. The Morgan fingerprint density at radius 2 is 2.16 bits per heavy atom. The van der Waals surface area contributed by atoms with Gasteiger partial charge in [0, 0.05) is 30.4 Å². The van der Waals surface area contributed by atoms with Gasteiger partial charge in [0.2, 0.25) is 0 Å². The Kier molecular flexibility index (Phi) is 5.08. The highest BCUT2D eigenvalue weighted by Gasteiger charge is 2.11. The largest absolute Gasteiger partial charge is 0.327 e. The lowest BCUT2D eigenvalue weighted by Crippen LogP contribution is -2.23. The van der Waals surface area contributed by atoms with Crippen LogP contribution in [0.15, 0.2) is 18.2 Å². The highest BCUT2D eigenvalue weighted by atomic mass is 35.5. The second kappa shape index (κ2) is 6.60. The number of nitrogens with zero attached hydrogens (tertiary/aromatic N) is 3. The predicted octanol–water partition coefficient (Wildman–Crippen LogP) is 3.42. The lowest BCUT2D eigenvalue weighted by atomic mass is 10.3. The number of hydrogen-bond acceptors (Lipinski definition) is 2. The lowest BCUT2D eigenvalue weighted by Gasteiger charge is -2.15. The Morgan fingerprint density at radius 1 is 1.37 bits per heavy atom. The van der Waals surface area contributed by atoms with Gasteiger partial charge in [-0.2, -0.15) is 0 Å². The molecule has 5 heteroatoms. The second-order valence-corrected chi connectivity index (χ2v) is 5.46. The molecule has 0 amide bonds. The summed E-state index contributed by atoms with van der Waals surface area (Å²) in [6, 6.07) is 5.86. The van der Waals surface area contributed by atoms with Gasteiger partial charge < -0.3 is 9.47 Å². The first-order valence-corrected chi connectivity index (χ1v) is 7.46. The van der Waals surface area contributed by atoms with Gasteiger partial charge in [-0.1, -0.05) is 18.5 Å². The molecule has 0 fully saturated rings. The predicted molar refractivity (Wildman–Crippen MR) is 82.3 cm³/mol. The van der Waals surface area contributed by atoms with Crippen LogP contribution in [-0.4, -0.2) is 40.5 Å². The van der Waals surface area contributed by atoms with Gasteiger partial charge in [-0.25, -0.2) is 4.98 Å². The van der Waals surface area contributed by atoms with Crippen molar-refractivity contribution in [2.75, 3.05) is 26.0 Å². The van der Waals surface area contributed by atoms with Crippen LogP contribution in [0, 0.1) is 0 Å². The van der Waals surface area contributed by atoms with Crippen molar-refractivity contribution >= 4 is 34.2 Å². The van der Waals surface area contributed by atoms with Crippen molar-refractivity contribution in [3.63, 3.8) is 0 Å². The van der Waals surface area contributed by atoms with Crippen molar-refractivity contribution in [3.05, 3.63) is 29.0 Å². The fourth-order valence-corrected chi connectivity index (χ4v) is 2.44. The van der Waals surface area contributed by atoms with E-state index in [4.69, 9.17) is 23.2 Å². The van der Waals surface area contributed by atoms with E-state index in [0.717, 1.165) is 47.9 Å². The van der Waals surface area contributed by atoms with Crippen molar-refractivity contribution in [1.82, 2.24) is 14.5 Å². The highest BCUT2D eigenvalue weighted by Crippen LogP contribution is 2.21. The average Bonchev–Trinajstić information content (AvgIpc) is 2.73. The molecule has 104 valence electrons. The summed E-state index contributed by atoms with van der Waals surface area (Å²) in [7, 11) is 2.12. The van der Waals surface area contributed by atoms with Crippen LogP contribution in [0.1, 0.15) is 12.7 Å². The fraction of sp³-hybridized carbons (Fsp3) is 0.500. The summed E-state index contributed by atoms with van der Waals surface area (Å²) in [5.41, 5.74) is 2.08. The van der Waals surface area contributed by atoms with Crippen LogP contribution in [0.4, 0.5) is 0 Å². The third-order valence-corrected chi connectivity index (χ3v) is 3.78. The molecule has 0 radical (unpaired) electrons. The van der Waals surface area contributed by atoms with E-state index in [0.29, 0.717) is 5.88 Å². The van der Waals surface area contributed by atoms with Gasteiger partial charge in [0.25, 0.3) is 0 Å². The van der Waals surface area contributed by atoms with Crippen LogP contribution in [0.25, 0.3) is 11.0 Å². The minimum Gasteiger partial charge on any atom is -0.327 e. The normalized spacial score (nSPS) is 11.6. The first-order chi connectivity index (χ1) is 9.15. The Morgan fingerprint density at radius 3 is 2.84 bits per heavy atom. The summed E-state index contributed by atoms with van der Waals surface area (Å²) in [6.45, 7) is 5.13. The summed E-state index contributed by atoms with van der Waals surface area (Å²) in [5.74, 6) is 1.62. The van der Waals surface area contributed by atoms with Gasteiger partial charge >= 0.3 is 0 Å². The van der Waals surface area contributed by atoms with Gasteiger partial charge in [0.15, 0.2) is 0 Å².